The molecule has 0 saturated heterocycles. The van der Waals surface area contributed by atoms with Crippen LogP contribution in [0, 0.1) is 17.0 Å². The van der Waals surface area contributed by atoms with Crippen molar-refractivity contribution in [1.82, 2.24) is 19.8 Å². The third-order valence-corrected chi connectivity index (χ3v) is 5.62. The molecule has 2 aromatic carbocycles. The highest BCUT2D eigenvalue weighted by Crippen LogP contribution is 2.29. The Bertz CT molecular complexity index is 1190. The first-order chi connectivity index (χ1) is 13.7. The van der Waals surface area contributed by atoms with Crippen molar-refractivity contribution in [3.05, 3.63) is 81.4 Å². The van der Waals surface area contributed by atoms with Crippen LogP contribution >= 0.6 is 11.6 Å². The Labute approximate surface area is 170 Å². The van der Waals surface area contributed by atoms with Crippen LogP contribution in [-0.2, 0) is 10.0 Å². The number of hydrazine groups is 1. The van der Waals surface area contributed by atoms with Crippen molar-refractivity contribution in [2.45, 2.75) is 11.8 Å². The summed E-state index contributed by atoms with van der Waals surface area (Å²) < 4.78 is 26.4. The Morgan fingerprint density at radius 1 is 1.24 bits per heavy atom. The first-order valence-electron chi connectivity index (χ1n) is 8.05. The number of carbonyl (C=O) groups is 1. The maximum Gasteiger partial charge on any atom is 0.284 e. The summed E-state index contributed by atoms with van der Waals surface area (Å²) in [7, 11) is -4.32. The van der Waals surface area contributed by atoms with Crippen LogP contribution in [0.2, 0.25) is 5.02 Å². The van der Waals surface area contributed by atoms with Crippen LogP contribution in [0.1, 0.15) is 16.1 Å². The molecule has 0 aliphatic heterocycles. The first-order valence-corrected chi connectivity index (χ1v) is 9.91. The van der Waals surface area contributed by atoms with Crippen molar-refractivity contribution in [2.75, 3.05) is 0 Å². The zero-order chi connectivity index (χ0) is 21.2. The quantitative estimate of drug-likeness (QED) is 0.450. The van der Waals surface area contributed by atoms with Gasteiger partial charge in [-0.25, -0.2) is 13.4 Å². The van der Waals surface area contributed by atoms with Crippen molar-refractivity contribution in [3.63, 3.8) is 0 Å². The number of para-hydroxylation sites is 1. The molecule has 0 atom stereocenters. The van der Waals surface area contributed by atoms with Crippen LogP contribution in [0.3, 0.4) is 0 Å². The molecule has 0 unspecified atom stereocenters. The Hall–Kier alpha value is -3.28. The number of hydrogen-bond donors (Lipinski definition) is 2. The van der Waals surface area contributed by atoms with E-state index in [1.54, 1.807) is 30.3 Å². The van der Waals surface area contributed by atoms with Crippen molar-refractivity contribution in [2.24, 2.45) is 0 Å². The van der Waals surface area contributed by atoms with Gasteiger partial charge in [-0.15, -0.1) is 4.83 Å². The van der Waals surface area contributed by atoms with Gasteiger partial charge in [0.05, 0.1) is 27.4 Å². The van der Waals surface area contributed by atoms with Crippen LogP contribution in [-0.4, -0.2) is 28.8 Å². The van der Waals surface area contributed by atoms with Crippen LogP contribution in [0.15, 0.2) is 59.9 Å². The number of benzene rings is 2. The van der Waals surface area contributed by atoms with Gasteiger partial charge in [0.2, 0.25) is 0 Å². The maximum atomic E-state index is 12.5. The summed E-state index contributed by atoms with van der Waals surface area (Å²) in [4.78, 5) is 28.2. The van der Waals surface area contributed by atoms with Crippen LogP contribution in [0.5, 0.6) is 0 Å². The highest BCUT2D eigenvalue weighted by atomic mass is 35.5. The predicted molar refractivity (Wildman–Crippen MR) is 104 cm³/mol. The third-order valence-electron chi connectivity index (χ3n) is 4.00. The van der Waals surface area contributed by atoms with Crippen molar-refractivity contribution in [3.8, 4) is 5.69 Å². The van der Waals surface area contributed by atoms with E-state index in [0.717, 1.165) is 12.1 Å². The number of nitro groups is 1. The lowest BCUT2D eigenvalue weighted by molar-refractivity contribution is -0.385. The van der Waals surface area contributed by atoms with Gasteiger partial charge in [0.15, 0.2) is 0 Å². The van der Waals surface area contributed by atoms with Gasteiger partial charge in [0.25, 0.3) is 21.6 Å². The molecule has 1 aromatic heterocycles. The smallest absolute Gasteiger partial charge is 0.284 e. The Morgan fingerprint density at radius 3 is 2.59 bits per heavy atom. The van der Waals surface area contributed by atoms with E-state index in [-0.39, 0.29) is 16.3 Å². The molecule has 1 amide bonds. The highest BCUT2D eigenvalue weighted by Gasteiger charge is 2.23. The molecule has 0 spiro atoms. The van der Waals surface area contributed by atoms with Gasteiger partial charge in [0.1, 0.15) is 5.69 Å². The van der Waals surface area contributed by atoms with Crippen molar-refractivity contribution < 1.29 is 18.1 Å². The molecule has 150 valence electrons. The molecule has 0 radical (unpaired) electrons. The summed E-state index contributed by atoms with van der Waals surface area (Å²) in [6.07, 6.45) is 2.67. The largest absolute Gasteiger partial charge is 0.295 e. The molecular weight excluding hydrogens is 422 g/mol. The number of rotatable bonds is 6. The summed E-state index contributed by atoms with van der Waals surface area (Å²) in [6.45, 7) is 1.40. The standard InChI is InChI=1S/C17H14ClN5O5S/c1-11-14(18)7-13(8-15(11)23(25)26)29(27,28)21-20-17(24)16-9-19-10-22(16)12-5-3-2-4-6-12/h2-10,21H,1H3,(H,20,24). The second kappa shape index (κ2) is 7.99. The van der Waals surface area contributed by atoms with E-state index in [9.17, 15) is 23.3 Å². The zero-order valence-corrected chi connectivity index (χ0v) is 16.4. The lowest BCUT2D eigenvalue weighted by atomic mass is 10.2. The van der Waals surface area contributed by atoms with E-state index in [2.05, 4.69) is 10.4 Å². The number of nitrogens with zero attached hydrogens (tertiary/aromatic N) is 3. The molecule has 0 aliphatic carbocycles. The SMILES string of the molecule is Cc1c(Cl)cc(S(=O)(=O)NNC(=O)c2cncn2-c2ccccc2)cc1[N+](=O)[O-]. The summed E-state index contributed by atoms with van der Waals surface area (Å²) in [5, 5.41) is 11.0. The average Bonchev–Trinajstić information content (AvgIpc) is 3.18. The molecule has 3 aromatic rings. The van der Waals surface area contributed by atoms with Gasteiger partial charge in [-0.2, -0.15) is 0 Å². The maximum absolute atomic E-state index is 12.5. The van der Waals surface area contributed by atoms with Gasteiger partial charge in [-0.05, 0) is 25.1 Å². The summed E-state index contributed by atoms with van der Waals surface area (Å²) in [6, 6.07) is 10.8. The minimum absolute atomic E-state index is 0.0758. The molecule has 0 fully saturated rings. The fourth-order valence-electron chi connectivity index (χ4n) is 2.48. The lowest BCUT2D eigenvalue weighted by Gasteiger charge is -2.11. The number of hydrogen-bond acceptors (Lipinski definition) is 6. The van der Waals surface area contributed by atoms with Gasteiger partial charge in [-0.1, -0.05) is 29.8 Å². The molecule has 3 rings (SSSR count). The molecule has 0 bridgehead atoms. The second-order valence-corrected chi connectivity index (χ2v) is 7.94. The molecular formula is C17H14ClN5O5S. The van der Waals surface area contributed by atoms with Gasteiger partial charge in [-0.3, -0.25) is 24.9 Å². The van der Waals surface area contributed by atoms with Crippen molar-refractivity contribution >= 4 is 33.2 Å². The second-order valence-electron chi connectivity index (χ2n) is 5.85. The monoisotopic (exact) mass is 435 g/mol. The summed E-state index contributed by atoms with van der Waals surface area (Å²) in [5.41, 5.74) is 2.47. The molecule has 1 heterocycles. The highest BCUT2D eigenvalue weighted by molar-refractivity contribution is 7.89. The number of nitrogens with one attached hydrogen (secondary N) is 2. The molecule has 0 aliphatic rings. The Balaban J connectivity index is 1.83. The molecule has 0 saturated carbocycles. The topological polar surface area (TPSA) is 136 Å². The van der Waals surface area contributed by atoms with E-state index in [0.29, 0.717) is 5.69 Å². The number of nitro benzene ring substituents is 1. The summed E-state index contributed by atoms with van der Waals surface area (Å²) >= 11 is 5.91. The van der Waals surface area contributed by atoms with Crippen molar-refractivity contribution in [1.29, 1.82) is 0 Å². The van der Waals surface area contributed by atoms with Gasteiger partial charge in [0, 0.05) is 17.3 Å². The van der Waals surface area contributed by atoms with Crippen LogP contribution < -0.4 is 10.3 Å². The lowest BCUT2D eigenvalue weighted by Crippen LogP contribution is -2.42. The third kappa shape index (κ3) is 4.26. The first kappa shape index (κ1) is 20.5. The number of sulfonamides is 1. The zero-order valence-electron chi connectivity index (χ0n) is 14.9. The minimum atomic E-state index is -4.32. The van der Waals surface area contributed by atoms with Crippen LogP contribution in [0.25, 0.3) is 5.69 Å². The Kier molecular flexibility index (Phi) is 5.64. The Morgan fingerprint density at radius 2 is 1.93 bits per heavy atom. The van der Waals surface area contributed by atoms with E-state index in [1.165, 1.54) is 24.0 Å². The molecule has 2 N–H and O–H groups in total. The molecule has 10 nitrogen and oxygen atoms in total. The minimum Gasteiger partial charge on any atom is -0.295 e. The van der Waals surface area contributed by atoms with E-state index in [1.807, 2.05) is 4.83 Å². The van der Waals surface area contributed by atoms with E-state index >= 15 is 0 Å². The fraction of sp³-hybridized carbons (Fsp3) is 0.0588. The molecule has 29 heavy (non-hydrogen) atoms. The van der Waals surface area contributed by atoms with Crippen LogP contribution in [0.4, 0.5) is 5.69 Å². The number of halogens is 1. The van der Waals surface area contributed by atoms with E-state index < -0.39 is 31.4 Å². The van der Waals surface area contributed by atoms with Gasteiger partial charge < -0.3 is 0 Å². The average molecular weight is 436 g/mol. The number of carbonyl (C=O) groups excluding carboxylic acids is 1. The predicted octanol–water partition coefficient (Wildman–Crippen LogP) is 2.37. The van der Waals surface area contributed by atoms with Gasteiger partial charge >= 0.3 is 0 Å². The fourth-order valence-corrected chi connectivity index (χ4v) is 3.64. The number of aromatic nitrogens is 2. The summed E-state index contributed by atoms with van der Waals surface area (Å²) in [5.74, 6) is -0.775. The molecule has 12 heteroatoms. The normalized spacial score (nSPS) is 11.2. The number of imidazole rings is 1. The van der Waals surface area contributed by atoms with E-state index in [4.69, 9.17) is 11.6 Å². The number of amides is 1.